The van der Waals surface area contributed by atoms with Crippen LogP contribution in [0, 0.1) is 0 Å². The number of rotatable bonds is 4. The summed E-state index contributed by atoms with van der Waals surface area (Å²) in [4.78, 5) is 27.0. The number of aliphatic carboxylic acids is 1. The Morgan fingerprint density at radius 1 is 1.35 bits per heavy atom. The minimum atomic E-state index is -0.926. The Morgan fingerprint density at radius 2 is 2.05 bits per heavy atom. The van der Waals surface area contributed by atoms with E-state index >= 15 is 0 Å². The summed E-state index contributed by atoms with van der Waals surface area (Å²) in [5.41, 5.74) is 0. The fourth-order valence-corrected chi connectivity index (χ4v) is 4.52. The Kier molecular flexibility index (Phi) is 5.86. The topological polar surface area (TPSA) is 72.9 Å². The summed E-state index contributed by atoms with van der Waals surface area (Å²) >= 11 is 3.46. The molecule has 2 atom stereocenters. The third kappa shape index (κ3) is 3.95. The Bertz CT molecular complexity index is 364. The Balaban J connectivity index is 1.76. The molecule has 2 rings (SSSR count). The first-order valence-electron chi connectivity index (χ1n) is 6.80. The highest BCUT2D eigenvalue weighted by Gasteiger charge is 2.39. The second-order valence-corrected chi connectivity index (χ2v) is 7.45. The van der Waals surface area contributed by atoms with Gasteiger partial charge in [-0.1, -0.05) is 0 Å². The van der Waals surface area contributed by atoms with E-state index in [1.54, 1.807) is 0 Å². The molecule has 2 aliphatic rings. The van der Waals surface area contributed by atoms with Crippen LogP contribution >= 0.6 is 23.5 Å². The summed E-state index contributed by atoms with van der Waals surface area (Å²) in [6.45, 7) is 5.40. The van der Waals surface area contributed by atoms with Crippen LogP contribution < -0.4 is 5.32 Å². The molecule has 6 nitrogen and oxygen atoms in total. The summed E-state index contributed by atoms with van der Waals surface area (Å²) in [6, 6.07) is -0.970. The average molecular weight is 319 g/mol. The van der Waals surface area contributed by atoms with Crippen molar-refractivity contribution >= 4 is 35.5 Å². The standard InChI is InChI=1S/C12H21N3O3S2/c1-9-15(10(8-20-9)11(16)17)12(18)13-2-3-14-4-6-19-7-5-14/h9-10H,2-8H2,1H3,(H,13,18)(H,16,17). The molecule has 0 bridgehead atoms. The largest absolute Gasteiger partial charge is 0.480 e. The van der Waals surface area contributed by atoms with Crippen molar-refractivity contribution in [2.45, 2.75) is 18.3 Å². The van der Waals surface area contributed by atoms with E-state index in [0.717, 1.165) is 31.1 Å². The molecule has 0 spiro atoms. The quantitative estimate of drug-likeness (QED) is 0.790. The summed E-state index contributed by atoms with van der Waals surface area (Å²) in [6.07, 6.45) is 0. The van der Waals surface area contributed by atoms with Crippen LogP contribution in [0.25, 0.3) is 0 Å². The van der Waals surface area contributed by atoms with Crippen molar-refractivity contribution in [3.05, 3.63) is 0 Å². The van der Waals surface area contributed by atoms with Crippen LogP contribution in [0.15, 0.2) is 0 Å². The van der Waals surface area contributed by atoms with Gasteiger partial charge in [0.05, 0.1) is 5.37 Å². The van der Waals surface area contributed by atoms with E-state index in [1.165, 1.54) is 16.7 Å². The molecule has 0 saturated carbocycles. The lowest BCUT2D eigenvalue weighted by Gasteiger charge is -2.28. The molecule has 8 heteroatoms. The molecule has 0 aliphatic carbocycles. The van der Waals surface area contributed by atoms with Gasteiger partial charge in [-0.05, 0) is 6.92 Å². The third-order valence-corrected chi connectivity index (χ3v) is 5.71. The molecule has 2 amide bonds. The van der Waals surface area contributed by atoms with Gasteiger partial charge in [0.15, 0.2) is 0 Å². The average Bonchev–Trinajstić information content (AvgIpc) is 2.82. The Hall–Kier alpha value is -0.600. The number of amides is 2. The second-order valence-electron chi connectivity index (χ2n) is 4.88. The van der Waals surface area contributed by atoms with Crippen molar-refractivity contribution in [2.24, 2.45) is 0 Å². The van der Waals surface area contributed by atoms with Gasteiger partial charge >= 0.3 is 12.0 Å². The van der Waals surface area contributed by atoms with E-state index in [-0.39, 0.29) is 11.4 Å². The molecule has 2 saturated heterocycles. The molecule has 0 aromatic heterocycles. The van der Waals surface area contributed by atoms with Crippen molar-refractivity contribution in [2.75, 3.05) is 43.4 Å². The third-order valence-electron chi connectivity index (χ3n) is 3.55. The number of thioether (sulfide) groups is 2. The first kappa shape index (κ1) is 15.8. The molecule has 20 heavy (non-hydrogen) atoms. The Morgan fingerprint density at radius 3 is 2.70 bits per heavy atom. The highest BCUT2D eigenvalue weighted by molar-refractivity contribution is 8.00. The van der Waals surface area contributed by atoms with Gasteiger partial charge in [-0.15, -0.1) is 11.8 Å². The van der Waals surface area contributed by atoms with Gasteiger partial charge in [0.2, 0.25) is 0 Å². The lowest BCUT2D eigenvalue weighted by atomic mass is 10.3. The van der Waals surface area contributed by atoms with Crippen molar-refractivity contribution < 1.29 is 14.7 Å². The smallest absolute Gasteiger partial charge is 0.327 e. The lowest BCUT2D eigenvalue weighted by Crippen LogP contribution is -2.51. The van der Waals surface area contributed by atoms with Crippen molar-refractivity contribution in [3.8, 4) is 0 Å². The molecule has 114 valence electrons. The minimum Gasteiger partial charge on any atom is -0.480 e. The van der Waals surface area contributed by atoms with Crippen LogP contribution in [0.3, 0.4) is 0 Å². The summed E-state index contributed by atoms with van der Waals surface area (Å²) in [5, 5.41) is 11.9. The molecule has 2 heterocycles. The van der Waals surface area contributed by atoms with Gasteiger partial charge < -0.3 is 10.4 Å². The van der Waals surface area contributed by atoms with Crippen molar-refractivity contribution in [1.82, 2.24) is 15.1 Å². The summed E-state index contributed by atoms with van der Waals surface area (Å²) in [7, 11) is 0. The van der Waals surface area contributed by atoms with Crippen molar-refractivity contribution in [1.29, 1.82) is 0 Å². The molecule has 2 aliphatic heterocycles. The SMILES string of the molecule is CC1SCC(C(=O)O)N1C(=O)NCCN1CCSCC1. The molecule has 2 N–H and O–H groups in total. The zero-order valence-electron chi connectivity index (χ0n) is 11.6. The van der Waals surface area contributed by atoms with E-state index in [4.69, 9.17) is 5.11 Å². The number of carboxylic acids is 1. The van der Waals surface area contributed by atoms with Gasteiger partial charge in [0.25, 0.3) is 0 Å². The maximum Gasteiger partial charge on any atom is 0.327 e. The number of urea groups is 1. The predicted octanol–water partition coefficient (Wildman–Crippen LogP) is 0.593. The van der Waals surface area contributed by atoms with Crippen LogP contribution in [0.1, 0.15) is 6.92 Å². The fraction of sp³-hybridized carbons (Fsp3) is 0.833. The van der Waals surface area contributed by atoms with E-state index in [0.29, 0.717) is 12.3 Å². The zero-order chi connectivity index (χ0) is 14.5. The van der Waals surface area contributed by atoms with Crippen LogP contribution in [-0.4, -0.2) is 81.8 Å². The van der Waals surface area contributed by atoms with E-state index < -0.39 is 12.0 Å². The number of nitrogens with zero attached hydrogens (tertiary/aromatic N) is 2. The highest BCUT2D eigenvalue weighted by atomic mass is 32.2. The highest BCUT2D eigenvalue weighted by Crippen LogP contribution is 2.28. The predicted molar refractivity (Wildman–Crippen MR) is 82.3 cm³/mol. The minimum absolute atomic E-state index is 0.0810. The van der Waals surface area contributed by atoms with Gasteiger partial charge in [-0.25, -0.2) is 9.59 Å². The molecule has 2 unspecified atom stereocenters. The van der Waals surface area contributed by atoms with E-state index in [9.17, 15) is 9.59 Å². The maximum absolute atomic E-state index is 12.1. The monoisotopic (exact) mass is 319 g/mol. The van der Waals surface area contributed by atoms with Crippen LogP contribution in [0.2, 0.25) is 0 Å². The molecule has 2 fully saturated rings. The van der Waals surface area contributed by atoms with Crippen molar-refractivity contribution in [3.63, 3.8) is 0 Å². The second kappa shape index (κ2) is 7.42. The van der Waals surface area contributed by atoms with Crippen LogP contribution in [0.4, 0.5) is 4.79 Å². The Labute approximate surface area is 127 Å². The lowest BCUT2D eigenvalue weighted by molar-refractivity contribution is -0.141. The first-order valence-corrected chi connectivity index (χ1v) is 9.00. The number of carbonyl (C=O) groups is 2. The van der Waals surface area contributed by atoms with Crippen LogP contribution in [0.5, 0.6) is 0 Å². The molecule has 0 aromatic rings. The first-order chi connectivity index (χ1) is 9.59. The van der Waals surface area contributed by atoms with Gasteiger partial charge in [0.1, 0.15) is 6.04 Å². The molecule has 0 aromatic carbocycles. The van der Waals surface area contributed by atoms with Crippen LogP contribution in [-0.2, 0) is 4.79 Å². The normalized spacial score (nSPS) is 27.6. The summed E-state index contributed by atoms with van der Waals surface area (Å²) < 4.78 is 0. The number of carbonyl (C=O) groups excluding carboxylic acids is 1. The van der Waals surface area contributed by atoms with E-state index in [1.807, 2.05) is 18.7 Å². The van der Waals surface area contributed by atoms with Gasteiger partial charge in [0, 0.05) is 43.4 Å². The zero-order valence-corrected chi connectivity index (χ0v) is 13.2. The molecule has 0 radical (unpaired) electrons. The number of hydrogen-bond donors (Lipinski definition) is 2. The number of hydrogen-bond acceptors (Lipinski definition) is 5. The fourth-order valence-electron chi connectivity index (χ4n) is 2.38. The molecular formula is C12H21N3O3S2. The van der Waals surface area contributed by atoms with Gasteiger partial charge in [-0.2, -0.15) is 11.8 Å². The number of carboxylic acid groups (broad SMARTS) is 1. The molecular weight excluding hydrogens is 298 g/mol. The number of nitrogens with one attached hydrogen (secondary N) is 1. The maximum atomic E-state index is 12.1. The van der Waals surface area contributed by atoms with E-state index in [2.05, 4.69) is 10.2 Å². The van der Waals surface area contributed by atoms with Gasteiger partial charge in [-0.3, -0.25) is 9.80 Å². The summed E-state index contributed by atoms with van der Waals surface area (Å²) in [5.74, 6) is 1.83.